The van der Waals surface area contributed by atoms with Crippen LogP contribution in [0, 0.1) is 29.4 Å². The van der Waals surface area contributed by atoms with E-state index in [0.29, 0.717) is 11.5 Å². The van der Waals surface area contributed by atoms with Gasteiger partial charge in [-0.3, -0.25) is 0 Å². The van der Waals surface area contributed by atoms with Crippen LogP contribution in [-0.4, -0.2) is 0 Å². The first-order valence-electron chi connectivity index (χ1n) is 11.3. The molecule has 4 atom stereocenters. The Labute approximate surface area is 178 Å². The third-order valence-corrected chi connectivity index (χ3v) is 7.75. The van der Waals surface area contributed by atoms with Gasteiger partial charge in [-0.15, -0.1) is 0 Å². The Kier molecular flexibility index (Phi) is 6.59. The summed E-state index contributed by atoms with van der Waals surface area (Å²) in [6.45, 7) is 2.29. The third kappa shape index (κ3) is 4.68. The van der Waals surface area contributed by atoms with E-state index in [2.05, 4.69) is 19.1 Å². The molecular formula is C26H31ClF2. The maximum atomic E-state index is 13.8. The molecule has 2 aliphatic carbocycles. The number of fused-ring (bicyclic) bond motifs is 1. The smallest absolute Gasteiger partial charge is 0.145 e. The van der Waals surface area contributed by atoms with Crippen LogP contribution in [0.4, 0.5) is 8.78 Å². The highest BCUT2D eigenvalue weighted by atomic mass is 35.5. The Morgan fingerprint density at radius 3 is 2.21 bits per heavy atom. The number of rotatable bonds is 5. The van der Waals surface area contributed by atoms with E-state index in [0.717, 1.165) is 23.3 Å². The molecule has 0 saturated heterocycles. The molecule has 0 heterocycles. The third-order valence-electron chi connectivity index (χ3n) is 7.39. The van der Waals surface area contributed by atoms with Gasteiger partial charge in [-0.2, -0.15) is 0 Å². The molecule has 0 nitrogen and oxygen atoms in total. The number of benzene rings is 2. The van der Waals surface area contributed by atoms with E-state index < -0.39 is 16.7 Å². The second kappa shape index (κ2) is 9.16. The molecule has 2 aromatic carbocycles. The maximum Gasteiger partial charge on any atom is 0.145 e. The first kappa shape index (κ1) is 20.8. The van der Waals surface area contributed by atoms with Crippen LogP contribution in [0.1, 0.15) is 76.2 Å². The highest BCUT2D eigenvalue weighted by Gasteiger charge is 2.35. The summed E-state index contributed by atoms with van der Waals surface area (Å²) >= 11 is 5.60. The van der Waals surface area contributed by atoms with Gasteiger partial charge >= 0.3 is 0 Å². The number of unbranched alkanes of at least 4 members (excludes halogenated alkanes) is 1. The molecule has 0 amide bonds. The molecule has 0 aliphatic heterocycles. The molecule has 0 aromatic heterocycles. The van der Waals surface area contributed by atoms with Gasteiger partial charge < -0.3 is 0 Å². The topological polar surface area (TPSA) is 0 Å². The summed E-state index contributed by atoms with van der Waals surface area (Å²) < 4.78 is 27.6. The van der Waals surface area contributed by atoms with Crippen LogP contribution in [0.25, 0.3) is 11.1 Å². The highest BCUT2D eigenvalue weighted by Crippen LogP contribution is 2.48. The van der Waals surface area contributed by atoms with Crippen molar-refractivity contribution < 1.29 is 8.78 Å². The standard InChI is InChI=1S/C26H31ClF2/c1-2-3-4-17-5-6-22-14-21(12-11-20(22)13-17)18-7-9-19(10-8-18)23-15-24(28)26(27)25(29)16-23/h7-10,15-17,20-22H,2-6,11-14H2,1H3. The summed E-state index contributed by atoms with van der Waals surface area (Å²) in [5.41, 5.74) is 2.73. The van der Waals surface area contributed by atoms with Gasteiger partial charge in [0.15, 0.2) is 0 Å². The molecule has 3 heteroatoms. The Morgan fingerprint density at radius 2 is 1.52 bits per heavy atom. The Balaban J connectivity index is 1.41. The van der Waals surface area contributed by atoms with Crippen molar-refractivity contribution >= 4 is 11.6 Å². The van der Waals surface area contributed by atoms with Crippen LogP contribution in [0.2, 0.25) is 5.02 Å². The van der Waals surface area contributed by atoms with Crippen LogP contribution in [0.15, 0.2) is 36.4 Å². The Bertz CT molecular complexity index is 806. The van der Waals surface area contributed by atoms with Crippen LogP contribution < -0.4 is 0 Å². The van der Waals surface area contributed by atoms with Gasteiger partial charge in [0.25, 0.3) is 0 Å². The van der Waals surface area contributed by atoms with Crippen molar-refractivity contribution in [2.24, 2.45) is 17.8 Å². The molecule has 2 aliphatic rings. The van der Waals surface area contributed by atoms with Crippen molar-refractivity contribution in [3.63, 3.8) is 0 Å². The summed E-state index contributed by atoms with van der Waals surface area (Å²) in [6.07, 6.45) is 12.3. The normalized spacial score (nSPS) is 26.9. The maximum absolute atomic E-state index is 13.8. The van der Waals surface area contributed by atoms with E-state index in [1.165, 1.54) is 75.5 Å². The van der Waals surface area contributed by atoms with E-state index in [1.54, 1.807) is 0 Å². The largest absolute Gasteiger partial charge is 0.205 e. The van der Waals surface area contributed by atoms with Crippen LogP contribution in [0.3, 0.4) is 0 Å². The average Bonchev–Trinajstić information content (AvgIpc) is 2.75. The molecule has 156 valence electrons. The van der Waals surface area contributed by atoms with E-state index in [-0.39, 0.29) is 0 Å². The summed E-state index contributed by atoms with van der Waals surface area (Å²) in [5.74, 6) is 1.98. The number of hydrogen-bond donors (Lipinski definition) is 0. The molecule has 4 unspecified atom stereocenters. The predicted molar refractivity (Wildman–Crippen MR) is 117 cm³/mol. The molecule has 4 rings (SSSR count). The molecule has 2 aromatic rings. The number of halogens is 3. The molecular weight excluding hydrogens is 386 g/mol. The first-order valence-corrected chi connectivity index (χ1v) is 11.7. The van der Waals surface area contributed by atoms with Gasteiger partial charge in [0.1, 0.15) is 16.7 Å². The lowest BCUT2D eigenvalue weighted by Gasteiger charge is -2.42. The molecule has 0 bridgehead atoms. The van der Waals surface area contributed by atoms with E-state index >= 15 is 0 Å². The minimum Gasteiger partial charge on any atom is -0.205 e. The minimum atomic E-state index is -0.710. The number of hydrogen-bond acceptors (Lipinski definition) is 0. The van der Waals surface area contributed by atoms with Crippen molar-refractivity contribution in [3.8, 4) is 11.1 Å². The monoisotopic (exact) mass is 416 g/mol. The van der Waals surface area contributed by atoms with Crippen LogP contribution in [0.5, 0.6) is 0 Å². The fourth-order valence-corrected chi connectivity index (χ4v) is 5.82. The SMILES string of the molecule is CCCCC1CCC2CC(c3ccc(-c4cc(F)c(Cl)c(F)c4)cc3)CCC2C1. The van der Waals surface area contributed by atoms with Crippen molar-refractivity contribution in [2.45, 2.75) is 70.6 Å². The average molecular weight is 417 g/mol. The van der Waals surface area contributed by atoms with Crippen molar-refractivity contribution in [3.05, 3.63) is 58.6 Å². The Morgan fingerprint density at radius 1 is 0.862 bits per heavy atom. The zero-order valence-electron chi connectivity index (χ0n) is 17.3. The lowest BCUT2D eigenvalue weighted by atomic mass is 9.63. The lowest BCUT2D eigenvalue weighted by molar-refractivity contribution is 0.113. The molecule has 0 radical (unpaired) electrons. The second-order valence-corrected chi connectivity index (χ2v) is 9.61. The molecule has 29 heavy (non-hydrogen) atoms. The molecule has 2 saturated carbocycles. The molecule has 0 spiro atoms. The van der Waals surface area contributed by atoms with Crippen LogP contribution in [-0.2, 0) is 0 Å². The zero-order chi connectivity index (χ0) is 20.4. The fraction of sp³-hybridized carbons (Fsp3) is 0.538. The summed E-state index contributed by atoms with van der Waals surface area (Å²) in [6, 6.07) is 10.9. The van der Waals surface area contributed by atoms with Gasteiger partial charge in [0.2, 0.25) is 0 Å². The van der Waals surface area contributed by atoms with Crippen LogP contribution >= 0.6 is 11.6 Å². The van der Waals surface area contributed by atoms with Gasteiger partial charge in [-0.1, -0.05) is 68.5 Å². The van der Waals surface area contributed by atoms with Gasteiger partial charge in [-0.05, 0) is 84.6 Å². The first-order chi connectivity index (χ1) is 14.0. The van der Waals surface area contributed by atoms with Gasteiger partial charge in [-0.25, -0.2) is 8.78 Å². The van der Waals surface area contributed by atoms with Crippen molar-refractivity contribution in [2.75, 3.05) is 0 Å². The second-order valence-electron chi connectivity index (χ2n) is 9.23. The van der Waals surface area contributed by atoms with E-state index in [4.69, 9.17) is 11.6 Å². The Hall–Kier alpha value is -1.41. The predicted octanol–water partition coefficient (Wildman–Crippen LogP) is 8.78. The van der Waals surface area contributed by atoms with Crippen molar-refractivity contribution in [1.82, 2.24) is 0 Å². The lowest BCUT2D eigenvalue weighted by Crippen LogP contribution is -2.30. The van der Waals surface area contributed by atoms with E-state index in [9.17, 15) is 8.78 Å². The quantitative estimate of drug-likeness (QED) is 0.427. The minimum absolute atomic E-state index is 0.438. The van der Waals surface area contributed by atoms with Crippen molar-refractivity contribution in [1.29, 1.82) is 0 Å². The zero-order valence-corrected chi connectivity index (χ0v) is 18.0. The summed E-state index contributed by atoms with van der Waals surface area (Å²) in [4.78, 5) is 0. The molecule has 2 fully saturated rings. The summed E-state index contributed by atoms with van der Waals surface area (Å²) in [5, 5.41) is -0.438. The van der Waals surface area contributed by atoms with Gasteiger partial charge in [0.05, 0.1) is 0 Å². The van der Waals surface area contributed by atoms with Gasteiger partial charge in [0, 0.05) is 0 Å². The molecule has 0 N–H and O–H groups in total. The summed E-state index contributed by atoms with van der Waals surface area (Å²) in [7, 11) is 0. The highest BCUT2D eigenvalue weighted by molar-refractivity contribution is 6.31. The van der Waals surface area contributed by atoms with E-state index in [1.807, 2.05) is 12.1 Å². The fourth-order valence-electron chi connectivity index (χ4n) is 5.71.